The summed E-state index contributed by atoms with van der Waals surface area (Å²) in [5.41, 5.74) is 0. The average Bonchev–Trinajstić information content (AvgIpc) is 3.16. The van der Waals surface area contributed by atoms with Crippen LogP contribution in [0.15, 0.2) is 24.3 Å². The molecule has 0 aliphatic heterocycles. The number of hydrogen-bond acceptors (Lipinski definition) is 6. The van der Waals surface area contributed by atoms with Crippen molar-refractivity contribution in [1.82, 2.24) is 0 Å². The molecule has 0 aliphatic carbocycles. The van der Waals surface area contributed by atoms with Gasteiger partial charge in [0.25, 0.3) is 0 Å². The van der Waals surface area contributed by atoms with Crippen molar-refractivity contribution in [2.75, 3.05) is 13.2 Å². The van der Waals surface area contributed by atoms with Gasteiger partial charge in [-0.15, -0.1) is 0 Å². The first kappa shape index (κ1) is 53.5. The maximum atomic E-state index is 12.4. The Kier molecular flexibility index (Phi) is 41.0. The van der Waals surface area contributed by atoms with E-state index >= 15 is 0 Å². The molecule has 1 unspecified atom stereocenters. The molecule has 0 amide bonds. The molecule has 0 saturated carbocycles. The van der Waals surface area contributed by atoms with Gasteiger partial charge in [-0.1, -0.05) is 205 Å². The Hall–Kier alpha value is -1.47. The number of allylic oxidation sites excluding steroid dienone is 4. The molecule has 0 aliphatic rings. The predicted molar refractivity (Wildman–Crippen MR) is 230 cm³/mol. The summed E-state index contributed by atoms with van der Waals surface area (Å²) in [6.07, 6.45) is 49.0. The maximum absolute atomic E-state index is 12.4. The van der Waals surface area contributed by atoms with Gasteiger partial charge in [0.05, 0.1) is 6.61 Å². The minimum atomic E-state index is -4.76. The first-order valence-corrected chi connectivity index (χ1v) is 24.7. The standard InChI is InChI=1S/C46H87O8P/c1-3-5-7-9-11-13-15-17-19-21-22-23-25-26-28-30-32-34-36-38-40-45(47)52-42-44(43-53-55(49,50)51)54-46(48)41-39-37-35-33-31-29-27-24-20-18-16-14-12-10-8-6-4-2/h12,14,18,20,44H,3-11,13,15-17,19,21-43H2,1-2H3,(H2,49,50,51)/b14-12-,20-18-. The third-order valence-electron chi connectivity index (χ3n) is 10.2. The van der Waals surface area contributed by atoms with Crippen molar-refractivity contribution in [3.05, 3.63) is 24.3 Å². The van der Waals surface area contributed by atoms with Gasteiger partial charge < -0.3 is 19.3 Å². The van der Waals surface area contributed by atoms with Crippen LogP contribution in [0.3, 0.4) is 0 Å². The number of hydrogen-bond donors (Lipinski definition) is 2. The molecule has 0 bridgehead atoms. The summed E-state index contributed by atoms with van der Waals surface area (Å²) in [5, 5.41) is 0. The summed E-state index contributed by atoms with van der Waals surface area (Å²) in [6.45, 7) is 3.69. The summed E-state index contributed by atoms with van der Waals surface area (Å²) in [6, 6.07) is 0. The summed E-state index contributed by atoms with van der Waals surface area (Å²) in [7, 11) is -4.76. The molecule has 0 heterocycles. The quantitative estimate of drug-likeness (QED) is 0.0271. The Balaban J connectivity index is 3.84. The molecule has 55 heavy (non-hydrogen) atoms. The van der Waals surface area contributed by atoms with Gasteiger partial charge >= 0.3 is 19.8 Å². The van der Waals surface area contributed by atoms with Gasteiger partial charge in [0, 0.05) is 12.8 Å². The summed E-state index contributed by atoms with van der Waals surface area (Å²) < 4.78 is 26.5. The first-order chi connectivity index (χ1) is 26.8. The van der Waals surface area contributed by atoms with Crippen molar-refractivity contribution >= 4 is 19.8 Å². The van der Waals surface area contributed by atoms with Gasteiger partial charge in [0.1, 0.15) is 6.61 Å². The topological polar surface area (TPSA) is 119 Å². The number of phosphoric ester groups is 1. The number of ether oxygens (including phenoxy) is 2. The van der Waals surface area contributed by atoms with Gasteiger partial charge in [-0.25, -0.2) is 4.57 Å². The van der Waals surface area contributed by atoms with Crippen molar-refractivity contribution < 1.29 is 37.9 Å². The van der Waals surface area contributed by atoms with E-state index in [9.17, 15) is 14.2 Å². The molecule has 0 aromatic rings. The third kappa shape index (κ3) is 45.1. The van der Waals surface area contributed by atoms with E-state index in [1.54, 1.807) is 0 Å². The van der Waals surface area contributed by atoms with Crippen LogP contribution in [0.1, 0.15) is 239 Å². The van der Waals surface area contributed by atoms with E-state index in [4.69, 9.17) is 19.3 Å². The highest BCUT2D eigenvalue weighted by atomic mass is 31.2. The largest absolute Gasteiger partial charge is 0.469 e. The van der Waals surface area contributed by atoms with E-state index < -0.39 is 32.5 Å². The van der Waals surface area contributed by atoms with Crippen LogP contribution in [0.4, 0.5) is 0 Å². The lowest BCUT2D eigenvalue weighted by Crippen LogP contribution is -2.29. The van der Waals surface area contributed by atoms with Crippen molar-refractivity contribution in [2.24, 2.45) is 0 Å². The van der Waals surface area contributed by atoms with Gasteiger partial charge in [0.2, 0.25) is 0 Å². The van der Waals surface area contributed by atoms with Crippen molar-refractivity contribution in [3.8, 4) is 0 Å². The number of esters is 2. The van der Waals surface area contributed by atoms with Crippen molar-refractivity contribution in [2.45, 2.75) is 245 Å². The minimum absolute atomic E-state index is 0.206. The molecule has 0 rings (SSSR count). The van der Waals surface area contributed by atoms with Crippen LogP contribution in [-0.4, -0.2) is 41.0 Å². The molecule has 0 radical (unpaired) electrons. The van der Waals surface area contributed by atoms with Crippen molar-refractivity contribution in [1.29, 1.82) is 0 Å². The lowest BCUT2D eigenvalue weighted by molar-refractivity contribution is -0.161. The fraction of sp³-hybridized carbons (Fsp3) is 0.870. The molecule has 1 atom stereocenters. The van der Waals surface area contributed by atoms with E-state index in [1.165, 1.54) is 154 Å². The fourth-order valence-electron chi connectivity index (χ4n) is 6.76. The minimum Gasteiger partial charge on any atom is -0.462 e. The zero-order valence-corrected chi connectivity index (χ0v) is 36.7. The number of phosphoric acid groups is 1. The lowest BCUT2D eigenvalue weighted by atomic mass is 10.0. The van der Waals surface area contributed by atoms with Gasteiger partial charge in [-0.3, -0.25) is 14.1 Å². The Bertz CT molecular complexity index is 946. The number of rotatable bonds is 43. The molecule has 0 spiro atoms. The normalized spacial score (nSPS) is 12.6. The van der Waals surface area contributed by atoms with E-state index in [-0.39, 0.29) is 19.4 Å². The number of carbonyl (C=O) groups is 2. The van der Waals surface area contributed by atoms with Crippen LogP contribution in [0.25, 0.3) is 0 Å². The fourth-order valence-corrected chi connectivity index (χ4v) is 7.12. The Morgan fingerprint density at radius 2 is 0.818 bits per heavy atom. The molecule has 0 aromatic heterocycles. The highest BCUT2D eigenvalue weighted by Gasteiger charge is 2.23. The van der Waals surface area contributed by atoms with E-state index in [0.29, 0.717) is 6.42 Å². The molecule has 0 aromatic carbocycles. The van der Waals surface area contributed by atoms with Gasteiger partial charge in [0.15, 0.2) is 6.10 Å². The molecular weight excluding hydrogens is 711 g/mol. The van der Waals surface area contributed by atoms with Crippen LogP contribution < -0.4 is 0 Å². The zero-order valence-electron chi connectivity index (χ0n) is 35.8. The highest BCUT2D eigenvalue weighted by molar-refractivity contribution is 7.46. The summed E-state index contributed by atoms with van der Waals surface area (Å²) >= 11 is 0. The summed E-state index contributed by atoms with van der Waals surface area (Å²) in [4.78, 5) is 43.0. The first-order valence-electron chi connectivity index (χ1n) is 23.1. The molecule has 8 nitrogen and oxygen atoms in total. The smallest absolute Gasteiger partial charge is 0.462 e. The lowest BCUT2D eigenvalue weighted by Gasteiger charge is -2.18. The number of unbranched alkanes of at least 4 members (excludes halogenated alkanes) is 29. The van der Waals surface area contributed by atoms with Crippen LogP contribution in [0, 0.1) is 0 Å². The second-order valence-corrected chi connectivity index (χ2v) is 17.0. The molecule has 9 heteroatoms. The summed E-state index contributed by atoms with van der Waals surface area (Å²) in [5.74, 6) is -0.881. The second kappa shape index (κ2) is 42.1. The molecule has 324 valence electrons. The van der Waals surface area contributed by atoms with Gasteiger partial charge in [-0.2, -0.15) is 0 Å². The Morgan fingerprint density at radius 3 is 1.24 bits per heavy atom. The van der Waals surface area contributed by atoms with E-state index in [1.807, 2.05) is 0 Å². The maximum Gasteiger partial charge on any atom is 0.469 e. The van der Waals surface area contributed by atoms with E-state index in [2.05, 4.69) is 42.7 Å². The third-order valence-corrected chi connectivity index (χ3v) is 10.7. The van der Waals surface area contributed by atoms with Crippen LogP contribution >= 0.6 is 7.82 Å². The zero-order chi connectivity index (χ0) is 40.3. The second-order valence-electron chi connectivity index (χ2n) is 15.7. The molecular formula is C46H87O8P. The van der Waals surface area contributed by atoms with Gasteiger partial charge in [-0.05, 0) is 44.9 Å². The SMILES string of the molecule is CCCCC/C=C\C/C=C\CCCCCCCCCC(=O)OC(COC(=O)CCCCCCCCCCCCCCCCCCCCCC)COP(=O)(O)O. The van der Waals surface area contributed by atoms with Crippen molar-refractivity contribution in [3.63, 3.8) is 0 Å². The molecule has 2 N–H and O–H groups in total. The Labute approximate surface area is 339 Å². The average molecular weight is 799 g/mol. The van der Waals surface area contributed by atoms with Crippen LogP contribution in [0.5, 0.6) is 0 Å². The highest BCUT2D eigenvalue weighted by Crippen LogP contribution is 2.36. The van der Waals surface area contributed by atoms with E-state index in [0.717, 1.165) is 51.4 Å². The Morgan fingerprint density at radius 1 is 0.473 bits per heavy atom. The van der Waals surface area contributed by atoms with Crippen LogP contribution in [0.2, 0.25) is 0 Å². The number of carbonyl (C=O) groups excluding carboxylic acids is 2. The molecule has 0 saturated heterocycles. The molecule has 0 fully saturated rings. The van der Waals surface area contributed by atoms with Crippen LogP contribution in [-0.2, 0) is 28.2 Å². The predicted octanol–water partition coefficient (Wildman–Crippen LogP) is 14.4. The monoisotopic (exact) mass is 799 g/mol.